The molecule has 0 aliphatic heterocycles. The Hall–Kier alpha value is -2.66. The average molecular weight is 330 g/mol. The number of hydrogen-bond acceptors (Lipinski definition) is 2. The molecular formula is C23H22O2. The van der Waals surface area contributed by atoms with E-state index in [0.717, 1.165) is 35.1 Å². The van der Waals surface area contributed by atoms with Gasteiger partial charge in [0, 0.05) is 29.9 Å². The highest BCUT2D eigenvalue weighted by molar-refractivity contribution is 5.87. The molecule has 0 bridgehead atoms. The third kappa shape index (κ3) is 4.25. The summed E-state index contributed by atoms with van der Waals surface area (Å²) >= 11 is 0. The Morgan fingerprint density at radius 1 is 0.920 bits per heavy atom. The average Bonchev–Trinajstić information content (AvgIpc) is 2.60. The lowest BCUT2D eigenvalue weighted by Gasteiger charge is -2.20. The lowest BCUT2D eigenvalue weighted by molar-refractivity contribution is -0.121. The highest BCUT2D eigenvalue weighted by Gasteiger charge is 2.24. The van der Waals surface area contributed by atoms with Gasteiger partial charge in [-0.3, -0.25) is 4.79 Å². The van der Waals surface area contributed by atoms with Gasteiger partial charge in [0.15, 0.2) is 0 Å². The molecule has 2 aromatic carbocycles. The van der Waals surface area contributed by atoms with Crippen LogP contribution < -0.4 is 0 Å². The maximum atomic E-state index is 12.9. The highest BCUT2D eigenvalue weighted by atomic mass is 16.1. The lowest BCUT2D eigenvalue weighted by Crippen LogP contribution is -2.18. The maximum absolute atomic E-state index is 12.9. The fourth-order valence-corrected chi connectivity index (χ4v) is 3.33. The van der Waals surface area contributed by atoms with Gasteiger partial charge >= 0.3 is 0 Å². The van der Waals surface area contributed by atoms with E-state index in [0.29, 0.717) is 19.3 Å². The Balaban J connectivity index is 1.87. The molecule has 1 aliphatic carbocycles. The summed E-state index contributed by atoms with van der Waals surface area (Å²) in [4.78, 5) is 24.0. The number of rotatable bonds is 6. The second-order valence-electron chi connectivity index (χ2n) is 6.63. The standard InChI is InChI=1S/C23H22O2/c1-17(24)8-2-7-13-23(25)22-16-20-11-4-3-9-18(20)14-15-19-10-5-6-12-21(19)22/h3-6,9-12,22H,2,7-8,13,16H2,1H3. The number of carbonyl (C=O) groups excluding carboxylic acids is 2. The quantitative estimate of drug-likeness (QED) is 0.579. The molecule has 126 valence electrons. The Labute approximate surface area is 149 Å². The Morgan fingerprint density at radius 2 is 1.56 bits per heavy atom. The number of ketones is 2. The van der Waals surface area contributed by atoms with E-state index in [-0.39, 0.29) is 17.5 Å². The molecule has 0 amide bonds. The molecule has 1 atom stereocenters. The minimum atomic E-state index is -0.163. The lowest BCUT2D eigenvalue weighted by atomic mass is 9.82. The van der Waals surface area contributed by atoms with Gasteiger partial charge < -0.3 is 4.79 Å². The van der Waals surface area contributed by atoms with Crippen molar-refractivity contribution in [1.29, 1.82) is 0 Å². The topological polar surface area (TPSA) is 34.1 Å². The van der Waals surface area contributed by atoms with Crippen molar-refractivity contribution >= 4 is 11.6 Å². The van der Waals surface area contributed by atoms with Crippen LogP contribution in [0.4, 0.5) is 0 Å². The van der Waals surface area contributed by atoms with Crippen molar-refractivity contribution in [3.05, 3.63) is 70.8 Å². The summed E-state index contributed by atoms with van der Waals surface area (Å²) in [6, 6.07) is 16.0. The number of carbonyl (C=O) groups is 2. The fourth-order valence-electron chi connectivity index (χ4n) is 3.33. The second-order valence-corrected chi connectivity index (χ2v) is 6.63. The predicted octanol–water partition coefficient (Wildman–Crippen LogP) is 4.44. The summed E-state index contributed by atoms with van der Waals surface area (Å²) < 4.78 is 0. The van der Waals surface area contributed by atoms with Gasteiger partial charge in [-0.15, -0.1) is 0 Å². The van der Waals surface area contributed by atoms with Crippen molar-refractivity contribution < 1.29 is 9.59 Å². The normalized spacial score (nSPS) is 15.0. The predicted molar refractivity (Wildman–Crippen MR) is 99.5 cm³/mol. The Kier molecular flexibility index (Phi) is 5.46. The molecule has 2 nitrogen and oxygen atoms in total. The smallest absolute Gasteiger partial charge is 0.140 e. The number of benzene rings is 2. The third-order valence-corrected chi connectivity index (χ3v) is 4.70. The summed E-state index contributed by atoms with van der Waals surface area (Å²) in [5.74, 6) is 6.76. The van der Waals surface area contributed by atoms with Crippen LogP contribution in [0.3, 0.4) is 0 Å². The van der Waals surface area contributed by atoms with Crippen molar-refractivity contribution in [1.82, 2.24) is 0 Å². The molecule has 25 heavy (non-hydrogen) atoms. The summed E-state index contributed by atoms with van der Waals surface area (Å²) in [5.41, 5.74) is 4.11. The summed E-state index contributed by atoms with van der Waals surface area (Å²) in [7, 11) is 0. The van der Waals surface area contributed by atoms with Gasteiger partial charge in [-0.2, -0.15) is 0 Å². The zero-order valence-electron chi connectivity index (χ0n) is 14.5. The van der Waals surface area contributed by atoms with E-state index in [1.165, 1.54) is 0 Å². The first-order valence-electron chi connectivity index (χ1n) is 8.86. The molecule has 0 spiro atoms. The van der Waals surface area contributed by atoms with Gasteiger partial charge in [0.2, 0.25) is 0 Å². The first-order chi connectivity index (χ1) is 12.1. The van der Waals surface area contributed by atoms with Crippen molar-refractivity contribution in [3.8, 4) is 11.8 Å². The number of Topliss-reactive ketones (excluding diaryl/α,β-unsaturated/α-hetero) is 2. The van der Waals surface area contributed by atoms with Gasteiger partial charge in [0.1, 0.15) is 11.6 Å². The summed E-state index contributed by atoms with van der Waals surface area (Å²) in [5, 5.41) is 0. The first kappa shape index (κ1) is 17.2. The fraction of sp³-hybridized carbons (Fsp3) is 0.304. The maximum Gasteiger partial charge on any atom is 0.140 e. The third-order valence-electron chi connectivity index (χ3n) is 4.70. The van der Waals surface area contributed by atoms with Crippen molar-refractivity contribution in [3.63, 3.8) is 0 Å². The number of unbranched alkanes of at least 4 members (excludes halogenated alkanes) is 1. The molecule has 2 aromatic rings. The molecule has 0 radical (unpaired) electrons. The SMILES string of the molecule is CC(=O)CCCCC(=O)C1Cc2ccccc2C#Cc2ccccc21. The minimum absolute atomic E-state index is 0.163. The molecule has 0 saturated carbocycles. The van der Waals surface area contributed by atoms with Gasteiger partial charge in [-0.25, -0.2) is 0 Å². The molecule has 1 aliphatic rings. The van der Waals surface area contributed by atoms with Crippen LogP contribution in [0, 0.1) is 11.8 Å². The first-order valence-corrected chi connectivity index (χ1v) is 8.86. The zero-order chi connectivity index (χ0) is 17.6. The number of hydrogen-bond donors (Lipinski definition) is 0. The van der Waals surface area contributed by atoms with Crippen LogP contribution in [0.1, 0.15) is 60.8 Å². The van der Waals surface area contributed by atoms with Crippen LogP contribution in [0.15, 0.2) is 48.5 Å². The minimum Gasteiger partial charge on any atom is -0.300 e. The second kappa shape index (κ2) is 7.94. The van der Waals surface area contributed by atoms with Crippen LogP contribution in [0.2, 0.25) is 0 Å². The van der Waals surface area contributed by atoms with E-state index in [4.69, 9.17) is 0 Å². The molecule has 3 rings (SSSR count). The van der Waals surface area contributed by atoms with Gasteiger partial charge in [-0.1, -0.05) is 48.2 Å². The zero-order valence-corrected chi connectivity index (χ0v) is 14.5. The van der Waals surface area contributed by atoms with Crippen LogP contribution in [0.5, 0.6) is 0 Å². The van der Waals surface area contributed by atoms with E-state index in [9.17, 15) is 9.59 Å². The molecule has 2 heteroatoms. The summed E-state index contributed by atoms with van der Waals surface area (Å²) in [6.07, 6.45) is 3.31. The van der Waals surface area contributed by atoms with Gasteiger partial charge in [-0.05, 0) is 49.4 Å². The molecular weight excluding hydrogens is 308 g/mol. The Bertz CT molecular complexity index is 852. The van der Waals surface area contributed by atoms with Crippen LogP contribution in [-0.4, -0.2) is 11.6 Å². The van der Waals surface area contributed by atoms with Crippen LogP contribution >= 0.6 is 0 Å². The molecule has 0 N–H and O–H groups in total. The van der Waals surface area contributed by atoms with E-state index in [1.54, 1.807) is 6.92 Å². The largest absolute Gasteiger partial charge is 0.300 e. The molecule has 0 heterocycles. The van der Waals surface area contributed by atoms with Crippen molar-refractivity contribution in [2.45, 2.75) is 44.9 Å². The summed E-state index contributed by atoms with van der Waals surface area (Å²) in [6.45, 7) is 1.60. The molecule has 1 unspecified atom stereocenters. The van der Waals surface area contributed by atoms with Gasteiger partial charge in [0.25, 0.3) is 0 Å². The molecule has 0 fully saturated rings. The van der Waals surface area contributed by atoms with Crippen molar-refractivity contribution in [2.75, 3.05) is 0 Å². The van der Waals surface area contributed by atoms with Crippen LogP contribution in [-0.2, 0) is 16.0 Å². The number of fused-ring (bicyclic) bond motifs is 2. The van der Waals surface area contributed by atoms with E-state index in [2.05, 4.69) is 17.9 Å². The van der Waals surface area contributed by atoms with E-state index in [1.807, 2.05) is 42.5 Å². The molecule has 0 saturated heterocycles. The highest BCUT2D eigenvalue weighted by Crippen LogP contribution is 2.29. The van der Waals surface area contributed by atoms with Gasteiger partial charge in [0.05, 0.1) is 0 Å². The van der Waals surface area contributed by atoms with Crippen LogP contribution in [0.25, 0.3) is 0 Å². The Morgan fingerprint density at radius 3 is 2.36 bits per heavy atom. The molecule has 0 aromatic heterocycles. The van der Waals surface area contributed by atoms with E-state index < -0.39 is 0 Å². The van der Waals surface area contributed by atoms with Crippen molar-refractivity contribution in [2.24, 2.45) is 0 Å². The monoisotopic (exact) mass is 330 g/mol. The van der Waals surface area contributed by atoms with E-state index >= 15 is 0 Å².